The lowest BCUT2D eigenvalue weighted by Gasteiger charge is -2.34. The van der Waals surface area contributed by atoms with Gasteiger partial charge in [0.2, 0.25) is 0 Å². The molecule has 0 amide bonds. The van der Waals surface area contributed by atoms with Crippen molar-refractivity contribution in [1.82, 2.24) is 0 Å². The Morgan fingerprint density at radius 2 is 0.773 bits per heavy atom. The van der Waals surface area contributed by atoms with Crippen molar-refractivity contribution in [3.05, 3.63) is 271 Å². The van der Waals surface area contributed by atoms with Gasteiger partial charge in [-0.25, -0.2) is 0 Å². The minimum absolute atomic E-state index is 0.110. The first kappa shape index (κ1) is 47.0. The number of benzene rings is 10. The zero-order chi connectivity index (χ0) is 51.0. The molecule has 5 nitrogen and oxygen atoms in total. The van der Waals surface area contributed by atoms with Crippen LogP contribution in [0.4, 0.5) is 51.2 Å². The number of hydrogen-bond donors (Lipinski definition) is 0. The van der Waals surface area contributed by atoms with E-state index < -0.39 is 0 Å². The Morgan fingerprint density at radius 1 is 0.347 bits per heavy atom. The van der Waals surface area contributed by atoms with Gasteiger partial charge in [-0.15, -0.1) is 0 Å². The highest BCUT2D eigenvalue weighted by atomic mass is 35.5. The molecule has 0 aliphatic carbocycles. The van der Waals surface area contributed by atoms with Crippen LogP contribution in [-0.4, -0.2) is 0 Å². The first-order valence-electron chi connectivity index (χ1n) is 25.4. The highest BCUT2D eigenvalue weighted by Gasteiger charge is 2.28. The Bertz CT molecular complexity index is 3760. The zero-order valence-corrected chi connectivity index (χ0v) is 43.0. The average Bonchev–Trinajstić information content (AvgIpc) is 4.11. The third kappa shape index (κ3) is 9.35. The molecule has 12 rings (SSSR count). The van der Waals surface area contributed by atoms with Crippen molar-refractivity contribution < 1.29 is 8.83 Å². The second-order valence-electron chi connectivity index (χ2n) is 20.1. The van der Waals surface area contributed by atoms with Crippen molar-refractivity contribution in [1.29, 1.82) is 0 Å². The Labute approximate surface area is 443 Å². The predicted molar refractivity (Wildman–Crippen MR) is 315 cm³/mol. The van der Waals surface area contributed by atoms with E-state index in [1.54, 1.807) is 0 Å². The summed E-state index contributed by atoms with van der Waals surface area (Å²) < 4.78 is 13.0. The van der Waals surface area contributed by atoms with Crippen LogP contribution in [0.25, 0.3) is 55.7 Å². The van der Waals surface area contributed by atoms with E-state index >= 15 is 0 Å². The largest absolute Gasteiger partial charge is 0.456 e. The van der Waals surface area contributed by atoms with E-state index in [4.69, 9.17) is 20.4 Å². The van der Waals surface area contributed by atoms with Gasteiger partial charge >= 0.3 is 0 Å². The van der Waals surface area contributed by atoms with Gasteiger partial charge in [0.25, 0.3) is 0 Å². The molecule has 2 heterocycles. The van der Waals surface area contributed by atoms with Crippen LogP contribution in [0.3, 0.4) is 0 Å². The molecule has 75 heavy (non-hydrogen) atoms. The van der Waals surface area contributed by atoms with Gasteiger partial charge in [0.15, 0.2) is 0 Å². The predicted octanol–water partition coefficient (Wildman–Crippen LogP) is 20.8. The van der Waals surface area contributed by atoms with Crippen molar-refractivity contribution in [2.45, 2.75) is 33.1 Å². The van der Waals surface area contributed by atoms with Crippen molar-refractivity contribution >= 4 is 84.7 Å². The summed E-state index contributed by atoms with van der Waals surface area (Å²) in [5, 5.41) is 2.66. The number of halogens is 1. The maximum atomic E-state index is 8.26. The highest BCUT2D eigenvalue weighted by molar-refractivity contribution is 6.37. The second kappa shape index (κ2) is 19.8. The number of anilines is 9. The molecule has 2 aromatic heterocycles. The summed E-state index contributed by atoms with van der Waals surface area (Å²) in [4.78, 5) is 6.91. The van der Waals surface area contributed by atoms with Gasteiger partial charge in [-0.1, -0.05) is 172 Å². The van der Waals surface area contributed by atoms with E-state index in [2.05, 4.69) is 261 Å². The quantitative estimate of drug-likeness (QED) is 0.122. The van der Waals surface area contributed by atoms with Gasteiger partial charge < -0.3 is 23.5 Å². The SMILES string of the molecule is Cc1cc(N(c2cccc(-c3cc4ccccc4o3)c2)c2cccc(-c3cc4ccccc4o3)c2)c(Cl)c(N(c2cccc(N(c3ccccc3)c3ccccc3)c2)c2ccc(C(C)(C)C)cc2-c2ccccc2)c1. The Kier molecular flexibility index (Phi) is 12.4. The lowest BCUT2D eigenvalue weighted by molar-refractivity contribution is 0.590. The minimum atomic E-state index is -0.110. The maximum absolute atomic E-state index is 8.26. The fraction of sp³-hybridized carbons (Fsp3) is 0.0725. The number of hydrogen-bond acceptors (Lipinski definition) is 5. The molecule has 0 spiro atoms. The van der Waals surface area contributed by atoms with Crippen LogP contribution in [0.2, 0.25) is 5.02 Å². The molecule has 0 unspecified atom stereocenters. The van der Waals surface area contributed by atoms with E-state index in [1.165, 1.54) is 5.56 Å². The van der Waals surface area contributed by atoms with Crippen LogP contribution >= 0.6 is 11.6 Å². The normalized spacial score (nSPS) is 11.5. The molecule has 0 N–H and O–H groups in total. The molecule has 10 aromatic carbocycles. The molecular formula is C69H54ClN3O2. The summed E-state index contributed by atoms with van der Waals surface area (Å²) in [6.45, 7) is 8.96. The molecule has 0 fully saturated rings. The minimum Gasteiger partial charge on any atom is -0.456 e. The van der Waals surface area contributed by atoms with Crippen LogP contribution in [-0.2, 0) is 5.41 Å². The van der Waals surface area contributed by atoms with Crippen molar-refractivity contribution in [3.63, 3.8) is 0 Å². The first-order valence-corrected chi connectivity index (χ1v) is 25.8. The average molecular weight is 993 g/mol. The topological polar surface area (TPSA) is 36.0 Å². The first-order chi connectivity index (χ1) is 36.6. The molecule has 0 saturated heterocycles. The van der Waals surface area contributed by atoms with E-state index in [0.29, 0.717) is 5.02 Å². The molecule has 364 valence electrons. The van der Waals surface area contributed by atoms with Gasteiger partial charge in [-0.05, 0) is 144 Å². The van der Waals surface area contributed by atoms with Crippen molar-refractivity contribution in [2.75, 3.05) is 14.7 Å². The van der Waals surface area contributed by atoms with E-state index in [1.807, 2.05) is 36.4 Å². The zero-order valence-electron chi connectivity index (χ0n) is 42.3. The number of fused-ring (bicyclic) bond motifs is 2. The van der Waals surface area contributed by atoms with E-state index in [0.717, 1.165) is 112 Å². The van der Waals surface area contributed by atoms with E-state index in [-0.39, 0.29) is 5.41 Å². The highest BCUT2D eigenvalue weighted by Crippen LogP contribution is 2.51. The Balaban J connectivity index is 1.10. The van der Waals surface area contributed by atoms with Gasteiger partial charge in [0, 0.05) is 61.6 Å². The summed E-state index contributed by atoms with van der Waals surface area (Å²) >= 11 is 8.26. The Morgan fingerprint density at radius 3 is 1.29 bits per heavy atom. The fourth-order valence-electron chi connectivity index (χ4n) is 10.2. The number of para-hydroxylation sites is 4. The van der Waals surface area contributed by atoms with E-state index in [9.17, 15) is 0 Å². The van der Waals surface area contributed by atoms with Crippen LogP contribution in [0.15, 0.2) is 264 Å². The van der Waals surface area contributed by atoms with Crippen molar-refractivity contribution in [2.24, 2.45) is 0 Å². The summed E-state index contributed by atoms with van der Waals surface area (Å²) in [5.41, 5.74) is 16.4. The molecule has 12 aromatic rings. The molecule has 0 bridgehead atoms. The Hall–Kier alpha value is -9.03. The van der Waals surface area contributed by atoms with Crippen LogP contribution in [0, 0.1) is 6.92 Å². The van der Waals surface area contributed by atoms with Gasteiger partial charge in [0.05, 0.1) is 22.1 Å². The van der Waals surface area contributed by atoms with Gasteiger partial charge in [0.1, 0.15) is 22.7 Å². The third-order valence-corrected chi connectivity index (χ3v) is 14.2. The van der Waals surface area contributed by atoms with Crippen molar-refractivity contribution in [3.8, 4) is 33.8 Å². The lowest BCUT2D eigenvalue weighted by Crippen LogP contribution is -2.17. The number of aryl methyl sites for hydroxylation is 1. The standard InChI is InChI=1S/C69H54ClN3O2/c1-47-39-62(72(56-31-18-25-49(41-56)66-43-51-23-14-16-35-64(51)74-66)57-32-19-26-50(42-57)67-44-52-24-15-17-36-65(52)75-67)68(70)63(40-47)73(61-38-37-53(69(2,3)4)45-60(61)48-21-8-5-9-22-48)59-34-20-33-58(46-59)71(54-27-10-6-11-28-54)55-29-12-7-13-30-55/h5-46H,1-4H3. The number of rotatable bonds is 12. The van der Waals surface area contributed by atoms with Crippen LogP contribution in [0.5, 0.6) is 0 Å². The summed E-state index contributed by atoms with van der Waals surface area (Å²) in [6.07, 6.45) is 0. The molecule has 0 saturated carbocycles. The monoisotopic (exact) mass is 991 g/mol. The molecule has 0 radical (unpaired) electrons. The number of nitrogens with zero attached hydrogens (tertiary/aromatic N) is 3. The summed E-state index contributed by atoms with van der Waals surface area (Å²) in [5.74, 6) is 1.56. The van der Waals surface area contributed by atoms with Gasteiger partial charge in [-0.3, -0.25) is 0 Å². The molecule has 0 atom stereocenters. The number of furan rings is 2. The molecule has 0 aliphatic rings. The third-order valence-electron chi connectivity index (χ3n) is 13.9. The summed E-state index contributed by atoms with van der Waals surface area (Å²) in [7, 11) is 0. The maximum Gasteiger partial charge on any atom is 0.135 e. The van der Waals surface area contributed by atoms with Gasteiger partial charge in [-0.2, -0.15) is 0 Å². The molecule has 0 aliphatic heterocycles. The summed E-state index contributed by atoms with van der Waals surface area (Å²) in [6, 6.07) is 89.3. The lowest BCUT2D eigenvalue weighted by atomic mass is 9.84. The molecule has 6 heteroatoms. The smallest absolute Gasteiger partial charge is 0.135 e. The van der Waals surface area contributed by atoms with Crippen LogP contribution in [0.1, 0.15) is 31.9 Å². The van der Waals surface area contributed by atoms with Crippen LogP contribution < -0.4 is 14.7 Å². The second-order valence-corrected chi connectivity index (χ2v) is 20.4. The molecular weight excluding hydrogens is 938 g/mol. The fourth-order valence-corrected chi connectivity index (χ4v) is 10.4.